The number of nitrogen functional groups attached to an aromatic ring is 1. The molecular formula is C25H30N6O6S. The molecule has 0 aliphatic carbocycles. The zero-order chi connectivity index (χ0) is 27.2. The number of aromatic nitrogens is 2. The zero-order valence-electron chi connectivity index (χ0n) is 21.0. The van der Waals surface area contributed by atoms with Crippen LogP contribution in [0.5, 0.6) is 5.75 Å². The maximum absolute atomic E-state index is 13.1. The van der Waals surface area contributed by atoms with Crippen LogP contribution in [0.15, 0.2) is 36.7 Å². The normalized spacial score (nSPS) is 19.9. The summed E-state index contributed by atoms with van der Waals surface area (Å²) in [7, 11) is 0.357. The van der Waals surface area contributed by atoms with E-state index in [1.807, 2.05) is 0 Å². The minimum atomic E-state index is -0.918. The molecule has 13 heteroatoms. The molecule has 1 aromatic carbocycles. The van der Waals surface area contributed by atoms with Crippen LogP contribution in [0, 0.1) is 11.3 Å². The van der Waals surface area contributed by atoms with Gasteiger partial charge >= 0.3 is 5.97 Å². The van der Waals surface area contributed by atoms with Gasteiger partial charge in [-0.1, -0.05) is 0 Å². The molecule has 2 aromatic rings. The first-order valence-corrected chi connectivity index (χ1v) is 13.6. The Balaban J connectivity index is 1.41. The van der Waals surface area contributed by atoms with E-state index in [0.29, 0.717) is 48.2 Å². The van der Waals surface area contributed by atoms with Crippen molar-refractivity contribution < 1.29 is 28.1 Å². The van der Waals surface area contributed by atoms with Gasteiger partial charge in [0.1, 0.15) is 24.7 Å². The highest BCUT2D eigenvalue weighted by Crippen LogP contribution is 2.29. The highest BCUT2D eigenvalue weighted by molar-refractivity contribution is 7.85. The van der Waals surface area contributed by atoms with Crippen molar-refractivity contribution in [2.75, 3.05) is 44.9 Å². The Hall–Kier alpha value is -3.87. The second kappa shape index (κ2) is 12.1. The average Bonchev–Trinajstić information content (AvgIpc) is 3.21. The van der Waals surface area contributed by atoms with Crippen molar-refractivity contribution in [1.29, 1.82) is 5.41 Å². The third-order valence-corrected chi connectivity index (χ3v) is 7.90. The lowest BCUT2D eigenvalue weighted by atomic mass is 10.0. The standard InChI is InChI=1S/C25H30N6O6S/c1-36-22(33)11-17-10-19(31(25(17)34)14-21(32)30-6-8-38(35)9-7-30)15-37-20-4-2-16(3-5-20)24-28-12-18(13-29-24)23(26)27/h2-5,12-13,17,19H,6-11,14-15H2,1H3,(H3,26,27)/t17-,19-/m0/s1. The van der Waals surface area contributed by atoms with Gasteiger partial charge in [0.25, 0.3) is 0 Å². The van der Waals surface area contributed by atoms with E-state index in [1.54, 1.807) is 29.2 Å². The molecule has 1 aromatic heterocycles. The minimum absolute atomic E-state index is 0.0592. The number of amides is 2. The zero-order valence-corrected chi connectivity index (χ0v) is 21.8. The lowest BCUT2D eigenvalue weighted by Crippen LogP contribution is -2.49. The molecule has 2 fully saturated rings. The molecule has 0 bridgehead atoms. The molecule has 2 aliphatic rings. The minimum Gasteiger partial charge on any atom is -0.491 e. The van der Waals surface area contributed by atoms with Crippen molar-refractivity contribution in [3.05, 3.63) is 42.2 Å². The first-order valence-electron chi connectivity index (χ1n) is 12.1. The van der Waals surface area contributed by atoms with Crippen molar-refractivity contribution in [1.82, 2.24) is 19.8 Å². The maximum Gasteiger partial charge on any atom is 0.306 e. The monoisotopic (exact) mass is 542 g/mol. The number of carbonyl (C=O) groups is 3. The van der Waals surface area contributed by atoms with Crippen molar-refractivity contribution >= 4 is 34.4 Å². The van der Waals surface area contributed by atoms with Crippen LogP contribution in [-0.4, -0.2) is 98.5 Å². The first-order chi connectivity index (χ1) is 18.2. The van der Waals surface area contributed by atoms with Crippen molar-refractivity contribution in [3.63, 3.8) is 0 Å². The summed E-state index contributed by atoms with van der Waals surface area (Å²) in [5, 5.41) is 7.44. The maximum atomic E-state index is 13.1. The van der Waals surface area contributed by atoms with Gasteiger partial charge in [-0.3, -0.25) is 24.0 Å². The van der Waals surface area contributed by atoms with Crippen LogP contribution in [-0.2, 0) is 29.9 Å². The predicted molar refractivity (Wildman–Crippen MR) is 139 cm³/mol. The molecular weight excluding hydrogens is 512 g/mol. The fourth-order valence-electron chi connectivity index (χ4n) is 4.43. The molecule has 3 N–H and O–H groups in total. The summed E-state index contributed by atoms with van der Waals surface area (Å²) in [6.07, 6.45) is 3.27. The smallest absolute Gasteiger partial charge is 0.306 e. The number of amidine groups is 1. The molecule has 0 spiro atoms. The van der Waals surface area contributed by atoms with Crippen LogP contribution in [0.3, 0.4) is 0 Å². The van der Waals surface area contributed by atoms with Gasteiger partial charge < -0.3 is 25.0 Å². The summed E-state index contributed by atoms with van der Waals surface area (Å²) in [6.45, 7) is 0.815. The van der Waals surface area contributed by atoms with Crippen molar-refractivity contribution in [3.8, 4) is 17.1 Å². The number of rotatable bonds is 9. The fraction of sp³-hybridized carbons (Fsp3) is 0.440. The van der Waals surface area contributed by atoms with Crippen molar-refractivity contribution in [2.24, 2.45) is 11.7 Å². The molecule has 0 unspecified atom stereocenters. The predicted octanol–water partition coefficient (Wildman–Crippen LogP) is 0.178. The van der Waals surface area contributed by atoms with E-state index < -0.39 is 28.7 Å². The number of benzene rings is 1. The third-order valence-electron chi connectivity index (χ3n) is 6.62. The molecule has 2 saturated heterocycles. The highest BCUT2D eigenvalue weighted by atomic mass is 32.2. The number of carbonyl (C=O) groups excluding carboxylic acids is 3. The fourth-order valence-corrected chi connectivity index (χ4v) is 5.49. The summed E-state index contributed by atoms with van der Waals surface area (Å²) in [4.78, 5) is 49.5. The van der Waals surface area contributed by atoms with E-state index in [9.17, 15) is 18.6 Å². The van der Waals surface area contributed by atoms with Crippen LogP contribution in [0.25, 0.3) is 11.4 Å². The molecule has 4 rings (SSSR count). The van der Waals surface area contributed by atoms with Crippen molar-refractivity contribution in [2.45, 2.75) is 18.9 Å². The summed E-state index contributed by atoms with van der Waals surface area (Å²) in [5.41, 5.74) is 6.62. The van der Waals surface area contributed by atoms with E-state index in [1.165, 1.54) is 24.4 Å². The molecule has 3 heterocycles. The molecule has 2 atom stereocenters. The van der Waals surface area contributed by atoms with Crippen LogP contribution < -0.4 is 10.5 Å². The lowest BCUT2D eigenvalue weighted by molar-refractivity contribution is -0.146. The number of hydrogen-bond donors (Lipinski definition) is 2. The second-order valence-electron chi connectivity index (χ2n) is 9.11. The van der Waals surface area contributed by atoms with Gasteiger partial charge in [-0.25, -0.2) is 9.97 Å². The number of ether oxygens (including phenoxy) is 2. The summed E-state index contributed by atoms with van der Waals surface area (Å²) in [6, 6.07) is 6.69. The quantitative estimate of drug-likeness (QED) is 0.255. The van der Waals surface area contributed by atoms with Gasteiger partial charge in [0.2, 0.25) is 11.8 Å². The summed E-state index contributed by atoms with van der Waals surface area (Å²) < 4.78 is 22.4. The summed E-state index contributed by atoms with van der Waals surface area (Å²) >= 11 is 0. The Morgan fingerprint density at radius 1 is 1.16 bits per heavy atom. The van der Waals surface area contributed by atoms with Crippen LogP contribution in [0.2, 0.25) is 0 Å². The Morgan fingerprint density at radius 3 is 2.42 bits per heavy atom. The number of nitrogens with one attached hydrogen (secondary N) is 1. The molecule has 12 nitrogen and oxygen atoms in total. The van der Waals surface area contributed by atoms with E-state index in [2.05, 4.69) is 9.97 Å². The Bertz CT molecular complexity index is 1210. The number of nitrogens with zero attached hydrogens (tertiary/aromatic N) is 4. The topological polar surface area (TPSA) is 169 Å². The number of esters is 1. The number of likely N-dealkylation sites (tertiary alicyclic amines) is 1. The van der Waals surface area contributed by atoms with Crippen LogP contribution in [0.4, 0.5) is 0 Å². The van der Waals surface area contributed by atoms with Gasteiger partial charge in [0, 0.05) is 53.4 Å². The van der Waals surface area contributed by atoms with E-state index >= 15 is 0 Å². The van der Waals surface area contributed by atoms with E-state index in [4.69, 9.17) is 20.6 Å². The summed E-state index contributed by atoms with van der Waals surface area (Å²) in [5.74, 6) is 0.223. The molecule has 202 valence electrons. The number of nitrogens with two attached hydrogens (primary N) is 1. The first kappa shape index (κ1) is 27.2. The molecule has 2 amide bonds. The van der Waals surface area contributed by atoms with Crippen LogP contribution >= 0.6 is 0 Å². The van der Waals surface area contributed by atoms with E-state index in [0.717, 1.165) is 5.56 Å². The Labute approximate surface area is 222 Å². The molecule has 0 saturated carbocycles. The molecule has 0 radical (unpaired) electrons. The lowest BCUT2D eigenvalue weighted by Gasteiger charge is -2.30. The SMILES string of the molecule is COC(=O)C[C@@H]1C[C@@H](COc2ccc(-c3ncc(C(=N)N)cn3)cc2)N(CC(=O)N2CCS(=O)CC2)C1=O. The number of hydrogen-bond acceptors (Lipinski definition) is 9. The van der Waals surface area contributed by atoms with Gasteiger partial charge in [-0.2, -0.15) is 0 Å². The Kier molecular flexibility index (Phi) is 8.66. The van der Waals surface area contributed by atoms with Gasteiger partial charge in [-0.15, -0.1) is 0 Å². The van der Waals surface area contributed by atoms with E-state index in [-0.39, 0.29) is 37.2 Å². The number of methoxy groups -OCH3 is 1. The van der Waals surface area contributed by atoms with Crippen LogP contribution in [0.1, 0.15) is 18.4 Å². The van der Waals surface area contributed by atoms with Gasteiger partial charge in [0.15, 0.2) is 5.82 Å². The largest absolute Gasteiger partial charge is 0.491 e. The third kappa shape index (κ3) is 6.52. The van der Waals surface area contributed by atoms with Gasteiger partial charge in [0.05, 0.1) is 31.1 Å². The highest BCUT2D eigenvalue weighted by Gasteiger charge is 2.42. The average molecular weight is 543 g/mol. The molecule has 38 heavy (non-hydrogen) atoms. The Morgan fingerprint density at radius 2 is 1.82 bits per heavy atom. The molecule has 2 aliphatic heterocycles. The second-order valence-corrected chi connectivity index (χ2v) is 10.8. The van der Waals surface area contributed by atoms with Gasteiger partial charge in [-0.05, 0) is 30.7 Å².